The van der Waals surface area contributed by atoms with E-state index in [0.29, 0.717) is 30.1 Å². The third kappa shape index (κ3) is 5.52. The number of thiazole rings is 1. The summed E-state index contributed by atoms with van der Waals surface area (Å²) in [4.78, 5) is 29.4. The molecule has 0 N–H and O–H groups in total. The summed E-state index contributed by atoms with van der Waals surface area (Å²) < 4.78 is 17.6. The number of non-ortho nitro benzene ring substituents is 1. The van der Waals surface area contributed by atoms with Gasteiger partial charge in [0.1, 0.15) is 5.01 Å². The normalized spacial score (nSPS) is 18.4. The summed E-state index contributed by atoms with van der Waals surface area (Å²) in [5.41, 5.74) is 1.62. The van der Waals surface area contributed by atoms with Gasteiger partial charge in [-0.2, -0.15) is 0 Å². The number of hydrogen-bond donors (Lipinski definition) is 0. The molecule has 4 rings (SSSR count). The molecule has 1 aromatic heterocycles. The van der Waals surface area contributed by atoms with Gasteiger partial charge in [-0.25, -0.2) is 4.98 Å². The van der Waals surface area contributed by atoms with Gasteiger partial charge >= 0.3 is 0 Å². The lowest BCUT2D eigenvalue weighted by Gasteiger charge is -2.35. The Morgan fingerprint density at radius 1 is 1.21 bits per heavy atom. The second-order valence-electron chi connectivity index (χ2n) is 8.05. The number of methoxy groups -OCH3 is 1. The van der Waals surface area contributed by atoms with E-state index in [4.69, 9.17) is 14.2 Å². The Bertz CT molecular complexity index is 1230. The van der Waals surface area contributed by atoms with Gasteiger partial charge < -0.3 is 19.1 Å². The predicted molar refractivity (Wildman–Crippen MR) is 130 cm³/mol. The molecule has 178 valence electrons. The molecule has 3 aromatic rings. The van der Waals surface area contributed by atoms with Crippen molar-refractivity contribution in [3.05, 3.63) is 57.1 Å². The lowest BCUT2D eigenvalue weighted by molar-refractivity contribution is -0.384. The minimum atomic E-state index is -0.417. The summed E-state index contributed by atoms with van der Waals surface area (Å²) in [6.45, 7) is 4.91. The summed E-state index contributed by atoms with van der Waals surface area (Å²) in [5, 5.41) is 11.7. The quantitative estimate of drug-likeness (QED) is 0.362. The van der Waals surface area contributed by atoms with Crippen LogP contribution in [0.15, 0.2) is 36.4 Å². The lowest BCUT2D eigenvalue weighted by atomic mass is 10.2. The standard InChI is InChI=1S/C24H25N3O6S/c1-15-12-26(13-16(2)33-15)24(28)14-32-20-8-4-17(10-21(20)31-3)5-9-23-25-19-7-6-18(27(29)30)11-22(19)34-23/h4-11,15-16H,12-14H2,1-3H3/b9-5+/t15-,16+. The Balaban J connectivity index is 1.42. The van der Waals surface area contributed by atoms with Crippen LogP contribution in [0.2, 0.25) is 0 Å². The van der Waals surface area contributed by atoms with Crippen LogP contribution in [0.25, 0.3) is 22.4 Å². The molecule has 0 saturated carbocycles. The molecule has 1 saturated heterocycles. The number of nitro groups is 1. The SMILES string of the molecule is COc1cc(/C=C/c2nc3ccc([N+](=O)[O-])cc3s2)ccc1OCC(=O)N1C[C@@H](C)O[C@@H](C)C1. The van der Waals surface area contributed by atoms with E-state index in [9.17, 15) is 14.9 Å². The molecular formula is C24H25N3O6S. The molecule has 10 heteroatoms. The zero-order valence-corrected chi connectivity index (χ0v) is 19.9. The van der Waals surface area contributed by atoms with Crippen molar-refractivity contribution in [1.82, 2.24) is 9.88 Å². The molecule has 2 heterocycles. The number of morpholine rings is 1. The van der Waals surface area contributed by atoms with E-state index >= 15 is 0 Å². The topological polar surface area (TPSA) is 104 Å². The van der Waals surface area contributed by atoms with Crippen molar-refractivity contribution in [2.45, 2.75) is 26.1 Å². The fourth-order valence-electron chi connectivity index (χ4n) is 3.80. The largest absolute Gasteiger partial charge is 0.493 e. The number of ether oxygens (including phenoxy) is 3. The number of nitro benzene ring substituents is 1. The Kier molecular flexibility index (Phi) is 7.09. The van der Waals surface area contributed by atoms with Crippen LogP contribution in [0, 0.1) is 10.1 Å². The number of rotatable bonds is 7. The van der Waals surface area contributed by atoms with Crippen molar-refractivity contribution < 1.29 is 23.9 Å². The third-order valence-corrected chi connectivity index (χ3v) is 6.31. The Morgan fingerprint density at radius 2 is 1.97 bits per heavy atom. The Labute approximate surface area is 200 Å². The van der Waals surface area contributed by atoms with Gasteiger partial charge in [-0.05, 0) is 43.7 Å². The summed E-state index contributed by atoms with van der Waals surface area (Å²) in [6.07, 6.45) is 3.72. The molecule has 2 aromatic carbocycles. The van der Waals surface area contributed by atoms with Crippen LogP contribution in [0.3, 0.4) is 0 Å². The average Bonchev–Trinajstić information content (AvgIpc) is 3.23. The fourth-order valence-corrected chi connectivity index (χ4v) is 4.71. The summed E-state index contributed by atoms with van der Waals surface area (Å²) in [5.74, 6) is 0.900. The first-order valence-corrected chi connectivity index (χ1v) is 11.6. The van der Waals surface area contributed by atoms with Gasteiger partial charge in [0.2, 0.25) is 0 Å². The minimum Gasteiger partial charge on any atom is -0.493 e. The van der Waals surface area contributed by atoms with Crippen molar-refractivity contribution in [2.75, 3.05) is 26.8 Å². The maximum atomic E-state index is 12.6. The van der Waals surface area contributed by atoms with Gasteiger partial charge in [0.05, 0.1) is 34.5 Å². The van der Waals surface area contributed by atoms with Crippen LogP contribution in [0.1, 0.15) is 24.4 Å². The van der Waals surface area contributed by atoms with E-state index in [2.05, 4.69) is 4.98 Å². The van der Waals surface area contributed by atoms with Crippen LogP contribution >= 0.6 is 11.3 Å². The van der Waals surface area contributed by atoms with Crippen molar-refractivity contribution in [3.63, 3.8) is 0 Å². The molecule has 1 fully saturated rings. The molecule has 0 spiro atoms. The predicted octanol–water partition coefficient (Wildman–Crippen LogP) is 4.40. The summed E-state index contributed by atoms with van der Waals surface area (Å²) in [6, 6.07) is 10.1. The first kappa shape index (κ1) is 23.7. The van der Waals surface area contributed by atoms with Gasteiger partial charge in [-0.1, -0.05) is 12.1 Å². The first-order chi connectivity index (χ1) is 16.3. The summed E-state index contributed by atoms with van der Waals surface area (Å²) in [7, 11) is 1.54. The van der Waals surface area contributed by atoms with E-state index in [1.165, 1.54) is 23.5 Å². The lowest BCUT2D eigenvalue weighted by Crippen LogP contribution is -2.49. The van der Waals surface area contributed by atoms with Crippen LogP contribution in [-0.2, 0) is 9.53 Å². The summed E-state index contributed by atoms with van der Waals surface area (Å²) >= 11 is 1.38. The maximum absolute atomic E-state index is 12.6. The van der Waals surface area contributed by atoms with Crippen LogP contribution in [-0.4, -0.2) is 59.7 Å². The molecular weight excluding hydrogens is 458 g/mol. The molecule has 1 aliphatic rings. The molecule has 0 radical (unpaired) electrons. The van der Waals surface area contributed by atoms with Crippen LogP contribution < -0.4 is 9.47 Å². The number of carbonyl (C=O) groups is 1. The van der Waals surface area contributed by atoms with Gasteiger partial charge in [0.25, 0.3) is 11.6 Å². The van der Waals surface area contributed by atoms with E-state index in [1.807, 2.05) is 38.1 Å². The molecule has 1 amide bonds. The van der Waals surface area contributed by atoms with E-state index < -0.39 is 4.92 Å². The van der Waals surface area contributed by atoms with E-state index in [1.54, 1.807) is 24.1 Å². The van der Waals surface area contributed by atoms with E-state index in [-0.39, 0.29) is 30.4 Å². The van der Waals surface area contributed by atoms with Gasteiger partial charge in [0.15, 0.2) is 18.1 Å². The Morgan fingerprint density at radius 3 is 2.68 bits per heavy atom. The van der Waals surface area contributed by atoms with E-state index in [0.717, 1.165) is 15.3 Å². The highest BCUT2D eigenvalue weighted by molar-refractivity contribution is 7.19. The maximum Gasteiger partial charge on any atom is 0.270 e. The molecule has 34 heavy (non-hydrogen) atoms. The van der Waals surface area contributed by atoms with Crippen LogP contribution in [0.5, 0.6) is 11.5 Å². The number of hydrogen-bond acceptors (Lipinski definition) is 8. The first-order valence-electron chi connectivity index (χ1n) is 10.8. The second kappa shape index (κ2) is 10.2. The number of carbonyl (C=O) groups excluding carboxylic acids is 1. The zero-order valence-electron chi connectivity index (χ0n) is 19.1. The highest BCUT2D eigenvalue weighted by atomic mass is 32.1. The van der Waals surface area contributed by atoms with Gasteiger partial charge in [-0.3, -0.25) is 14.9 Å². The number of fused-ring (bicyclic) bond motifs is 1. The second-order valence-corrected chi connectivity index (χ2v) is 9.11. The molecule has 0 aliphatic carbocycles. The minimum absolute atomic E-state index is 0.00106. The molecule has 0 bridgehead atoms. The van der Waals surface area contributed by atoms with Crippen molar-refractivity contribution in [3.8, 4) is 11.5 Å². The van der Waals surface area contributed by atoms with Gasteiger partial charge in [-0.15, -0.1) is 11.3 Å². The molecule has 9 nitrogen and oxygen atoms in total. The van der Waals surface area contributed by atoms with Crippen molar-refractivity contribution in [2.24, 2.45) is 0 Å². The number of amides is 1. The van der Waals surface area contributed by atoms with Gasteiger partial charge in [0, 0.05) is 25.2 Å². The average molecular weight is 484 g/mol. The fraction of sp³-hybridized carbons (Fsp3) is 0.333. The zero-order chi connectivity index (χ0) is 24.2. The highest BCUT2D eigenvalue weighted by Gasteiger charge is 2.26. The third-order valence-electron chi connectivity index (χ3n) is 5.33. The van der Waals surface area contributed by atoms with Crippen molar-refractivity contribution in [1.29, 1.82) is 0 Å². The van der Waals surface area contributed by atoms with Crippen LogP contribution in [0.4, 0.5) is 5.69 Å². The molecule has 2 atom stereocenters. The highest BCUT2D eigenvalue weighted by Crippen LogP contribution is 2.30. The monoisotopic (exact) mass is 483 g/mol. The molecule has 0 unspecified atom stereocenters. The Hall–Kier alpha value is -3.50. The number of aromatic nitrogens is 1. The number of benzene rings is 2. The molecule has 1 aliphatic heterocycles. The number of nitrogens with zero attached hydrogens (tertiary/aromatic N) is 3. The van der Waals surface area contributed by atoms with Crippen molar-refractivity contribution >= 4 is 45.3 Å². The smallest absolute Gasteiger partial charge is 0.270 e.